The van der Waals surface area contributed by atoms with Gasteiger partial charge in [0.25, 0.3) is 11.8 Å². The van der Waals surface area contributed by atoms with Gasteiger partial charge in [-0.1, -0.05) is 97.1 Å². The maximum atomic E-state index is 13.7. The molecule has 6 aromatic rings. The van der Waals surface area contributed by atoms with Gasteiger partial charge in [0.1, 0.15) is 17.7 Å². The quantitative estimate of drug-likeness (QED) is 0.0954. The van der Waals surface area contributed by atoms with Gasteiger partial charge >= 0.3 is 6.09 Å². The highest BCUT2D eigenvalue weighted by atomic mass is 16.4. The molecule has 0 bridgehead atoms. The van der Waals surface area contributed by atoms with Crippen molar-refractivity contribution in [3.8, 4) is 33.6 Å². The Labute approximate surface area is 329 Å². The average Bonchev–Trinajstić information content (AvgIpc) is 4.10. The summed E-state index contributed by atoms with van der Waals surface area (Å²) < 4.78 is 0. The SMILES string of the molecule is O=C(O)N[C@@H](C(=O)N1CCC[C@H]1c1ncc(-c2ccc(-c3ccc(-c4cnc([C@@H]5CCCN5C(=O)CNC(=O)c5ccccc5)[nH]4)cc3)cc2)[nH]1)c1ccccc1. The second-order valence-corrected chi connectivity index (χ2v) is 14.3. The summed E-state index contributed by atoms with van der Waals surface area (Å²) in [6.07, 6.45) is 5.47. The highest BCUT2D eigenvalue weighted by molar-refractivity contribution is 5.96. The second-order valence-electron chi connectivity index (χ2n) is 14.3. The third-order valence-electron chi connectivity index (χ3n) is 10.7. The second kappa shape index (κ2) is 16.4. The van der Waals surface area contributed by atoms with Gasteiger partial charge in [0.2, 0.25) is 5.91 Å². The molecule has 13 nitrogen and oxygen atoms in total. The Balaban J connectivity index is 0.898. The van der Waals surface area contributed by atoms with Crippen molar-refractivity contribution in [2.45, 2.75) is 43.8 Å². The van der Waals surface area contributed by atoms with Crippen molar-refractivity contribution in [3.63, 3.8) is 0 Å². The highest BCUT2D eigenvalue weighted by Gasteiger charge is 2.37. The lowest BCUT2D eigenvalue weighted by molar-refractivity contribution is -0.134. The summed E-state index contributed by atoms with van der Waals surface area (Å²) in [5.74, 6) is 0.675. The molecule has 8 rings (SSSR count). The molecule has 2 saturated heterocycles. The molecular weight excluding hydrogens is 721 g/mol. The van der Waals surface area contributed by atoms with Crippen LogP contribution >= 0.6 is 0 Å². The number of H-pyrrole nitrogens is 2. The molecule has 0 radical (unpaired) electrons. The number of nitrogens with zero attached hydrogens (tertiary/aromatic N) is 4. The molecule has 4 heterocycles. The smallest absolute Gasteiger partial charge is 0.405 e. The van der Waals surface area contributed by atoms with E-state index in [4.69, 9.17) is 0 Å². The molecule has 0 saturated carbocycles. The van der Waals surface area contributed by atoms with E-state index in [9.17, 15) is 24.3 Å². The number of hydrogen-bond donors (Lipinski definition) is 5. The van der Waals surface area contributed by atoms with Crippen molar-refractivity contribution in [2.24, 2.45) is 0 Å². The van der Waals surface area contributed by atoms with Crippen molar-refractivity contribution < 1.29 is 24.3 Å². The summed E-state index contributed by atoms with van der Waals surface area (Å²) >= 11 is 0. The summed E-state index contributed by atoms with van der Waals surface area (Å²) in [4.78, 5) is 70.6. The number of aromatic amines is 2. The van der Waals surface area contributed by atoms with Crippen molar-refractivity contribution in [2.75, 3.05) is 19.6 Å². The summed E-state index contributed by atoms with van der Waals surface area (Å²) in [5, 5.41) is 14.6. The molecule has 0 unspecified atom stereocenters. The molecule has 4 aromatic carbocycles. The molecule has 2 aliphatic rings. The average molecular weight is 763 g/mol. The minimum atomic E-state index is -1.26. The molecule has 2 aromatic heterocycles. The van der Waals surface area contributed by atoms with Crippen LogP contribution in [-0.2, 0) is 9.59 Å². The van der Waals surface area contributed by atoms with Crippen molar-refractivity contribution in [1.29, 1.82) is 0 Å². The fourth-order valence-corrected chi connectivity index (χ4v) is 7.83. The van der Waals surface area contributed by atoms with Gasteiger partial charge in [-0.15, -0.1) is 0 Å². The molecule has 2 aliphatic heterocycles. The number of hydrogen-bond acceptors (Lipinski definition) is 6. The van der Waals surface area contributed by atoms with E-state index in [1.165, 1.54) is 0 Å². The fourth-order valence-electron chi connectivity index (χ4n) is 7.83. The lowest BCUT2D eigenvalue weighted by atomic mass is 10.0. The molecule has 288 valence electrons. The Hall–Kier alpha value is -7.02. The van der Waals surface area contributed by atoms with E-state index >= 15 is 0 Å². The van der Waals surface area contributed by atoms with E-state index < -0.39 is 12.1 Å². The van der Waals surface area contributed by atoms with Gasteiger partial charge in [0, 0.05) is 18.7 Å². The van der Waals surface area contributed by atoms with Crippen LogP contribution in [0.5, 0.6) is 0 Å². The van der Waals surface area contributed by atoms with E-state index in [0.717, 1.165) is 65.1 Å². The third-order valence-corrected chi connectivity index (χ3v) is 10.7. The van der Waals surface area contributed by atoms with Crippen molar-refractivity contribution in [1.82, 2.24) is 40.4 Å². The molecular formula is C44H42N8O5. The van der Waals surface area contributed by atoms with Gasteiger partial charge in [0.15, 0.2) is 0 Å². The van der Waals surface area contributed by atoms with E-state index in [-0.39, 0.29) is 36.3 Å². The molecule has 0 spiro atoms. The number of likely N-dealkylation sites (tertiary alicyclic amines) is 2. The zero-order valence-corrected chi connectivity index (χ0v) is 31.1. The fraction of sp³-hybridized carbons (Fsp3) is 0.227. The third kappa shape index (κ3) is 8.04. The summed E-state index contributed by atoms with van der Waals surface area (Å²) in [5.41, 5.74) is 6.79. The lowest BCUT2D eigenvalue weighted by Crippen LogP contribution is -2.42. The van der Waals surface area contributed by atoms with E-state index in [2.05, 4.69) is 54.8 Å². The first kappa shape index (κ1) is 36.9. The number of carboxylic acid groups (broad SMARTS) is 1. The van der Waals surface area contributed by atoms with Crippen molar-refractivity contribution >= 4 is 23.8 Å². The number of benzene rings is 4. The summed E-state index contributed by atoms with van der Waals surface area (Å²) in [7, 11) is 0. The van der Waals surface area contributed by atoms with Gasteiger partial charge in [-0.3, -0.25) is 14.4 Å². The monoisotopic (exact) mass is 762 g/mol. The number of imidazole rings is 2. The Morgan fingerprint density at radius 3 is 1.70 bits per heavy atom. The standard InChI is InChI=1S/C44H42N8O5/c53-38(27-47-42(54)33-11-5-2-6-12-33)51-23-7-13-36(51)40-45-25-34(48-40)30-19-15-28(16-20-30)29-17-21-31(22-18-29)35-26-46-41(49-35)37-14-8-24-52(37)43(55)39(50-44(56)57)32-9-3-1-4-10-32/h1-6,9-12,15-22,25-26,36-37,39,50H,7-8,13-14,23-24,27H2,(H,45,48)(H,46,49)(H,47,54)(H,56,57)/t36-,37-,39+/m0/s1. The van der Waals surface area contributed by atoms with Crippen LogP contribution in [0, 0.1) is 0 Å². The minimum Gasteiger partial charge on any atom is -0.465 e. The first-order chi connectivity index (χ1) is 27.8. The number of amides is 4. The van der Waals surface area contributed by atoms with Crippen LogP contribution in [0.15, 0.2) is 122 Å². The first-order valence-corrected chi connectivity index (χ1v) is 19.1. The zero-order chi connectivity index (χ0) is 39.3. The largest absolute Gasteiger partial charge is 0.465 e. The summed E-state index contributed by atoms with van der Waals surface area (Å²) in [6.45, 7) is 1.05. The van der Waals surface area contributed by atoms with Gasteiger partial charge in [-0.2, -0.15) is 0 Å². The molecule has 3 atom stereocenters. The number of aromatic nitrogens is 4. The minimum absolute atomic E-state index is 0.0733. The predicted octanol–water partition coefficient (Wildman–Crippen LogP) is 6.90. The van der Waals surface area contributed by atoms with Crippen LogP contribution in [-0.4, -0.2) is 78.3 Å². The summed E-state index contributed by atoms with van der Waals surface area (Å²) in [6, 6.07) is 32.6. The van der Waals surface area contributed by atoms with Gasteiger partial charge in [-0.25, -0.2) is 14.8 Å². The van der Waals surface area contributed by atoms with Crippen LogP contribution in [0.25, 0.3) is 33.6 Å². The Bertz CT molecular complexity index is 2360. The number of rotatable bonds is 11. The predicted molar refractivity (Wildman–Crippen MR) is 214 cm³/mol. The van der Waals surface area contributed by atoms with Crippen molar-refractivity contribution in [3.05, 3.63) is 144 Å². The van der Waals surface area contributed by atoms with Crippen LogP contribution < -0.4 is 10.6 Å². The van der Waals surface area contributed by atoms with Gasteiger partial charge in [0.05, 0.1) is 42.4 Å². The lowest BCUT2D eigenvalue weighted by Gasteiger charge is -2.28. The Kier molecular flexibility index (Phi) is 10.6. The first-order valence-electron chi connectivity index (χ1n) is 19.1. The molecule has 4 amide bonds. The van der Waals surface area contributed by atoms with E-state index in [1.807, 2.05) is 36.4 Å². The number of carbonyl (C=O) groups excluding carboxylic acids is 3. The highest BCUT2D eigenvalue weighted by Crippen LogP contribution is 2.35. The van der Waals surface area contributed by atoms with Crippen LogP contribution in [0.1, 0.15) is 71.4 Å². The number of nitrogens with one attached hydrogen (secondary N) is 4. The molecule has 2 fully saturated rings. The zero-order valence-electron chi connectivity index (χ0n) is 31.1. The topological polar surface area (TPSA) is 176 Å². The van der Waals surface area contributed by atoms with E-state index in [0.29, 0.717) is 30.0 Å². The number of carbonyl (C=O) groups is 4. The maximum absolute atomic E-state index is 13.7. The normalized spacial score (nSPS) is 17.0. The van der Waals surface area contributed by atoms with Crippen LogP contribution in [0.4, 0.5) is 4.79 Å². The molecule has 5 N–H and O–H groups in total. The van der Waals surface area contributed by atoms with E-state index in [1.54, 1.807) is 70.7 Å². The Morgan fingerprint density at radius 1 is 0.667 bits per heavy atom. The Morgan fingerprint density at radius 2 is 1.16 bits per heavy atom. The van der Waals surface area contributed by atoms with Crippen LogP contribution in [0.2, 0.25) is 0 Å². The maximum Gasteiger partial charge on any atom is 0.405 e. The van der Waals surface area contributed by atoms with Crippen LogP contribution in [0.3, 0.4) is 0 Å². The van der Waals surface area contributed by atoms with Gasteiger partial charge < -0.3 is 35.5 Å². The molecule has 0 aliphatic carbocycles. The van der Waals surface area contributed by atoms with Gasteiger partial charge in [-0.05, 0) is 65.6 Å². The molecule has 57 heavy (non-hydrogen) atoms. The molecule has 13 heteroatoms.